The Morgan fingerprint density at radius 1 is 1.21 bits per heavy atom. The van der Waals surface area contributed by atoms with Gasteiger partial charge < -0.3 is 10.1 Å². The lowest BCUT2D eigenvalue weighted by molar-refractivity contribution is -0.124. The first-order valence-electron chi connectivity index (χ1n) is 10.5. The predicted octanol–water partition coefficient (Wildman–Crippen LogP) is 3.30. The third-order valence-electron chi connectivity index (χ3n) is 4.87. The number of imide groups is 1. The molecule has 2 aromatic rings. The largest absolute Gasteiger partial charge is 0.492 e. The van der Waals surface area contributed by atoms with Gasteiger partial charge in [-0.2, -0.15) is 0 Å². The molecule has 7 nitrogen and oxygen atoms in total. The average molecular weight is 472 g/mol. The summed E-state index contributed by atoms with van der Waals surface area (Å²) in [6, 6.07) is 13.8. The third kappa shape index (κ3) is 7.16. The Labute approximate surface area is 196 Å². The van der Waals surface area contributed by atoms with Crippen LogP contribution < -0.4 is 10.1 Å². The molecule has 1 saturated heterocycles. The molecule has 9 heteroatoms. The number of nitrogens with one attached hydrogen (secondary N) is 1. The summed E-state index contributed by atoms with van der Waals surface area (Å²) in [7, 11) is 1.81. The maximum Gasteiger partial charge on any atom is 0.293 e. The standard InChI is InChI=1S/C24H26FN3O4S/c1-17-6-5-8-19(14-17)32-13-12-27(2)16-22(29)26-10-11-28-23(30)21(33-24(28)31)15-18-7-3-4-9-20(18)25/h3-9,14-15H,10-13,16H2,1-2H3,(H,26,29). The molecule has 0 unspecified atom stereocenters. The van der Waals surface area contributed by atoms with Crippen molar-refractivity contribution in [3.05, 3.63) is 70.4 Å². The minimum Gasteiger partial charge on any atom is -0.492 e. The van der Waals surface area contributed by atoms with Gasteiger partial charge in [-0.05, 0) is 55.6 Å². The Bertz CT molecular complexity index is 1060. The van der Waals surface area contributed by atoms with Crippen LogP contribution in [0.25, 0.3) is 6.08 Å². The van der Waals surface area contributed by atoms with Crippen molar-refractivity contribution in [2.45, 2.75) is 6.92 Å². The molecule has 1 aliphatic rings. The van der Waals surface area contributed by atoms with Crippen LogP contribution in [-0.4, -0.2) is 66.7 Å². The molecule has 0 radical (unpaired) electrons. The number of aryl methyl sites for hydroxylation is 1. The number of carbonyl (C=O) groups excluding carboxylic acids is 3. The van der Waals surface area contributed by atoms with Crippen LogP contribution in [-0.2, 0) is 9.59 Å². The van der Waals surface area contributed by atoms with Gasteiger partial charge in [0.15, 0.2) is 0 Å². The molecule has 0 bridgehead atoms. The second-order valence-electron chi connectivity index (χ2n) is 7.61. The molecule has 1 heterocycles. The van der Waals surface area contributed by atoms with Crippen molar-refractivity contribution >= 4 is 34.9 Å². The van der Waals surface area contributed by atoms with E-state index in [0.29, 0.717) is 13.2 Å². The van der Waals surface area contributed by atoms with Crippen LogP contribution in [0.4, 0.5) is 9.18 Å². The number of halogens is 1. The molecule has 0 atom stereocenters. The molecule has 3 rings (SSSR count). The lowest BCUT2D eigenvalue weighted by Crippen LogP contribution is -2.41. The van der Waals surface area contributed by atoms with Crippen molar-refractivity contribution < 1.29 is 23.5 Å². The molecule has 0 saturated carbocycles. The Balaban J connectivity index is 1.39. The fourth-order valence-electron chi connectivity index (χ4n) is 3.14. The lowest BCUT2D eigenvalue weighted by Gasteiger charge is -2.17. The predicted molar refractivity (Wildman–Crippen MR) is 126 cm³/mol. The second-order valence-corrected chi connectivity index (χ2v) is 8.60. The summed E-state index contributed by atoms with van der Waals surface area (Å²) in [6.07, 6.45) is 1.37. The highest BCUT2D eigenvalue weighted by Gasteiger charge is 2.34. The first kappa shape index (κ1) is 24.5. The number of hydrogen-bond acceptors (Lipinski definition) is 6. The van der Waals surface area contributed by atoms with E-state index in [9.17, 15) is 18.8 Å². The zero-order valence-electron chi connectivity index (χ0n) is 18.5. The smallest absolute Gasteiger partial charge is 0.293 e. The summed E-state index contributed by atoms with van der Waals surface area (Å²) in [5.41, 5.74) is 1.36. The van der Waals surface area contributed by atoms with E-state index in [1.54, 1.807) is 12.1 Å². The summed E-state index contributed by atoms with van der Waals surface area (Å²) < 4.78 is 19.5. The van der Waals surface area contributed by atoms with E-state index in [-0.39, 0.29) is 36.0 Å². The maximum absolute atomic E-state index is 13.8. The molecule has 1 aliphatic heterocycles. The Kier molecular flexibility index (Phi) is 8.62. The van der Waals surface area contributed by atoms with E-state index in [0.717, 1.165) is 28.0 Å². The van der Waals surface area contributed by atoms with Crippen molar-refractivity contribution in [1.29, 1.82) is 0 Å². The van der Waals surface area contributed by atoms with Crippen molar-refractivity contribution in [1.82, 2.24) is 15.1 Å². The van der Waals surface area contributed by atoms with Gasteiger partial charge in [0.05, 0.1) is 11.4 Å². The Hall–Kier alpha value is -3.17. The average Bonchev–Trinajstić information content (AvgIpc) is 3.03. The quantitative estimate of drug-likeness (QED) is 0.536. The van der Waals surface area contributed by atoms with E-state index in [4.69, 9.17) is 4.74 Å². The van der Waals surface area contributed by atoms with Gasteiger partial charge in [-0.1, -0.05) is 30.3 Å². The van der Waals surface area contributed by atoms with Crippen LogP contribution in [0.2, 0.25) is 0 Å². The number of benzene rings is 2. The summed E-state index contributed by atoms with van der Waals surface area (Å²) in [5, 5.41) is 2.27. The first-order valence-corrected chi connectivity index (χ1v) is 11.3. The number of amides is 3. The summed E-state index contributed by atoms with van der Waals surface area (Å²) in [4.78, 5) is 39.9. The Morgan fingerprint density at radius 3 is 2.76 bits per heavy atom. The van der Waals surface area contributed by atoms with Crippen LogP contribution in [0, 0.1) is 12.7 Å². The van der Waals surface area contributed by atoms with E-state index in [1.165, 1.54) is 18.2 Å². The number of thioether (sulfide) groups is 1. The third-order valence-corrected chi connectivity index (χ3v) is 5.78. The van der Waals surface area contributed by atoms with E-state index in [2.05, 4.69) is 5.32 Å². The topological polar surface area (TPSA) is 79.0 Å². The van der Waals surface area contributed by atoms with Gasteiger partial charge >= 0.3 is 0 Å². The number of nitrogens with zero attached hydrogens (tertiary/aromatic N) is 2. The fourth-order valence-corrected chi connectivity index (χ4v) is 3.99. The highest BCUT2D eigenvalue weighted by molar-refractivity contribution is 8.18. The van der Waals surface area contributed by atoms with Crippen molar-refractivity contribution in [3.8, 4) is 5.75 Å². The number of carbonyl (C=O) groups is 3. The zero-order chi connectivity index (χ0) is 23.8. The normalized spacial score (nSPS) is 14.9. The fraction of sp³-hybridized carbons (Fsp3) is 0.292. The van der Waals surface area contributed by atoms with Crippen LogP contribution in [0.1, 0.15) is 11.1 Å². The molecular formula is C24H26FN3O4S. The minimum atomic E-state index is -0.493. The summed E-state index contributed by atoms with van der Waals surface area (Å²) >= 11 is 0.760. The maximum atomic E-state index is 13.8. The number of rotatable bonds is 10. The zero-order valence-corrected chi connectivity index (χ0v) is 19.4. The summed E-state index contributed by atoms with van der Waals surface area (Å²) in [6.45, 7) is 3.34. The van der Waals surface area contributed by atoms with Crippen molar-refractivity contribution in [2.75, 3.05) is 39.8 Å². The number of hydrogen-bond donors (Lipinski definition) is 1. The van der Waals surface area contributed by atoms with Crippen LogP contribution in [0.5, 0.6) is 5.75 Å². The molecule has 1 fully saturated rings. The van der Waals surface area contributed by atoms with Gasteiger partial charge in [-0.3, -0.25) is 24.2 Å². The molecular weight excluding hydrogens is 445 g/mol. The van der Waals surface area contributed by atoms with E-state index in [1.807, 2.05) is 43.1 Å². The van der Waals surface area contributed by atoms with Gasteiger partial charge in [-0.15, -0.1) is 0 Å². The molecule has 0 aromatic heterocycles. The van der Waals surface area contributed by atoms with Crippen molar-refractivity contribution in [3.63, 3.8) is 0 Å². The highest BCUT2D eigenvalue weighted by Crippen LogP contribution is 2.32. The molecule has 2 aromatic carbocycles. The van der Waals surface area contributed by atoms with Crippen LogP contribution >= 0.6 is 11.8 Å². The minimum absolute atomic E-state index is 0.0468. The monoisotopic (exact) mass is 471 g/mol. The van der Waals surface area contributed by atoms with Gasteiger partial charge in [0.2, 0.25) is 5.91 Å². The van der Waals surface area contributed by atoms with Gasteiger partial charge in [0.25, 0.3) is 11.1 Å². The first-order chi connectivity index (χ1) is 15.8. The van der Waals surface area contributed by atoms with Gasteiger partial charge in [0.1, 0.15) is 18.2 Å². The molecule has 0 spiro atoms. The summed E-state index contributed by atoms with van der Waals surface area (Å²) in [5.74, 6) is -0.395. The SMILES string of the molecule is Cc1cccc(OCCN(C)CC(=O)NCCN2C(=O)SC(=Cc3ccccc3F)C2=O)c1. The molecule has 33 heavy (non-hydrogen) atoms. The van der Waals surface area contributed by atoms with Crippen molar-refractivity contribution in [2.24, 2.45) is 0 Å². The number of likely N-dealkylation sites (N-methyl/N-ethyl adjacent to an activating group) is 1. The molecule has 0 aliphatic carbocycles. The molecule has 3 amide bonds. The van der Waals surface area contributed by atoms with Gasteiger partial charge in [-0.25, -0.2) is 4.39 Å². The van der Waals surface area contributed by atoms with Crippen LogP contribution in [0.3, 0.4) is 0 Å². The lowest BCUT2D eigenvalue weighted by atomic mass is 10.2. The van der Waals surface area contributed by atoms with E-state index < -0.39 is 17.0 Å². The van der Waals surface area contributed by atoms with Crippen LogP contribution in [0.15, 0.2) is 53.4 Å². The van der Waals surface area contributed by atoms with E-state index >= 15 is 0 Å². The van der Waals surface area contributed by atoms with Gasteiger partial charge in [0, 0.05) is 25.2 Å². The molecule has 1 N–H and O–H groups in total. The second kappa shape index (κ2) is 11.6. The number of ether oxygens (including phenoxy) is 1. The highest BCUT2D eigenvalue weighted by atomic mass is 32.2. The molecule has 174 valence electrons. The Morgan fingerprint density at radius 2 is 2.00 bits per heavy atom.